The van der Waals surface area contributed by atoms with Gasteiger partial charge in [0.2, 0.25) is 0 Å². The van der Waals surface area contributed by atoms with Crippen molar-refractivity contribution in [2.75, 3.05) is 0 Å². The Morgan fingerprint density at radius 1 is 1.75 bits per heavy atom. The summed E-state index contributed by atoms with van der Waals surface area (Å²) in [5.41, 5.74) is 0.733. The van der Waals surface area contributed by atoms with Gasteiger partial charge in [-0.2, -0.15) is 0 Å². The molecule has 0 aromatic carbocycles. The summed E-state index contributed by atoms with van der Waals surface area (Å²) < 4.78 is 4.87. The highest BCUT2D eigenvalue weighted by Crippen LogP contribution is 1.93. The van der Waals surface area contributed by atoms with Gasteiger partial charge in [-0.05, 0) is 18.3 Å². The number of aromatic nitrogens is 2. The van der Waals surface area contributed by atoms with Crippen LogP contribution in [0.2, 0.25) is 0 Å². The third-order valence-corrected chi connectivity index (χ3v) is 1.25. The zero-order chi connectivity index (χ0) is 8.10. The Morgan fingerprint density at radius 3 is 3.08 bits per heavy atom. The molecular weight excluding hydrogens is 176 g/mol. The average Bonchev–Trinajstić information content (AvgIpc) is 2.01. The van der Waals surface area contributed by atoms with Gasteiger partial charge in [0.1, 0.15) is 6.61 Å². The maximum Gasteiger partial charge on any atom is 0.293 e. The van der Waals surface area contributed by atoms with Crippen LogP contribution in [-0.2, 0) is 16.1 Å². The van der Waals surface area contributed by atoms with Gasteiger partial charge in [-0.15, -0.1) is 0 Å². The number of nitrogens with zero attached hydrogens (tertiary/aromatic N) is 1. The van der Waals surface area contributed by atoms with Crippen molar-refractivity contribution in [1.29, 1.82) is 0 Å². The molecule has 1 N–H and O–H groups in total. The first-order valence-electron chi connectivity index (χ1n) is 2.92. The molecule has 0 saturated carbocycles. The summed E-state index contributed by atoms with van der Waals surface area (Å²) in [5, 5.41) is 0. The van der Waals surface area contributed by atoms with Crippen molar-refractivity contribution in [2.45, 2.75) is 14.0 Å². The van der Waals surface area contributed by atoms with Crippen LogP contribution in [0.15, 0.2) is 12.3 Å². The summed E-state index contributed by atoms with van der Waals surface area (Å²) in [6, 6.07) is 1.69. The van der Waals surface area contributed by atoms with Gasteiger partial charge in [0, 0.05) is 6.20 Å². The molecule has 0 fully saturated rings. The van der Waals surface area contributed by atoms with Crippen LogP contribution in [0.3, 0.4) is 0 Å². The minimum Gasteiger partial charge on any atom is -0.461 e. The van der Waals surface area contributed by atoms with Crippen molar-refractivity contribution in [1.82, 2.24) is 9.97 Å². The maximum atomic E-state index is 9.79. The van der Waals surface area contributed by atoms with Crippen LogP contribution >= 0.6 is 12.2 Å². The van der Waals surface area contributed by atoms with E-state index in [1.165, 1.54) is 0 Å². The molecule has 0 bridgehead atoms. The highest BCUT2D eigenvalue weighted by molar-refractivity contribution is 7.71. The molecule has 0 aliphatic carbocycles. The number of hydrogen-bond donors (Lipinski definition) is 1. The van der Waals surface area contributed by atoms with Gasteiger partial charge in [-0.25, -0.2) is 4.98 Å². The number of hydrogen-bond acceptors (Lipinski definition) is 4. The lowest BCUT2D eigenvalue weighted by atomic mass is 10.4. The largest absolute Gasteiger partial charge is 0.461 e. The van der Waals surface area contributed by atoms with E-state index in [2.05, 4.69) is 14.7 Å². The molecule has 0 amide bonds. The summed E-state index contributed by atoms with van der Waals surface area (Å²) >= 11 is 4.74. The van der Waals surface area contributed by atoms with E-state index < -0.39 is 0 Å². The first-order valence-corrected chi connectivity index (χ1v) is 3.33. The van der Waals surface area contributed by atoms with Crippen molar-refractivity contribution >= 4 is 18.7 Å². The lowest BCUT2D eigenvalue weighted by molar-refractivity contribution is -0.129. The molecular formula is C7H10N2O2S. The van der Waals surface area contributed by atoms with Crippen LogP contribution in [0.5, 0.6) is 0 Å². The molecule has 1 aromatic heterocycles. The minimum atomic E-state index is 0. The lowest BCUT2D eigenvalue weighted by Crippen LogP contribution is -1.94. The van der Waals surface area contributed by atoms with Gasteiger partial charge in [0.25, 0.3) is 6.47 Å². The molecule has 1 rings (SSSR count). The third-order valence-electron chi connectivity index (χ3n) is 1.04. The SMILES string of the molecule is C.O=COCc1ccnc(=S)[nH]1. The zero-order valence-corrected chi connectivity index (χ0v) is 6.43. The van der Waals surface area contributed by atoms with Crippen molar-refractivity contribution in [2.24, 2.45) is 0 Å². The van der Waals surface area contributed by atoms with Gasteiger partial charge in [-0.1, -0.05) is 7.43 Å². The molecule has 0 spiro atoms. The summed E-state index contributed by atoms with van der Waals surface area (Å²) in [6.07, 6.45) is 1.56. The van der Waals surface area contributed by atoms with Crippen molar-refractivity contribution in [3.8, 4) is 0 Å². The van der Waals surface area contributed by atoms with E-state index >= 15 is 0 Å². The monoisotopic (exact) mass is 186 g/mol. The molecule has 1 heterocycles. The first-order chi connectivity index (χ1) is 5.33. The second kappa shape index (κ2) is 5.42. The molecule has 0 unspecified atom stereocenters. The highest BCUT2D eigenvalue weighted by atomic mass is 32.1. The van der Waals surface area contributed by atoms with Crippen molar-refractivity contribution in [3.63, 3.8) is 0 Å². The van der Waals surface area contributed by atoms with Crippen molar-refractivity contribution < 1.29 is 9.53 Å². The summed E-state index contributed by atoms with van der Waals surface area (Å²) in [6.45, 7) is 0.590. The number of carbonyl (C=O) groups excluding carboxylic acids is 1. The normalized spacial score (nSPS) is 8.33. The van der Waals surface area contributed by atoms with Crippen LogP contribution in [0, 0.1) is 4.77 Å². The topological polar surface area (TPSA) is 55.0 Å². The van der Waals surface area contributed by atoms with Gasteiger partial charge in [-0.3, -0.25) is 4.79 Å². The molecule has 66 valence electrons. The van der Waals surface area contributed by atoms with Gasteiger partial charge in [0.15, 0.2) is 4.77 Å². The Balaban J connectivity index is 0.00000121. The van der Waals surface area contributed by atoms with Gasteiger partial charge in [0.05, 0.1) is 5.69 Å². The lowest BCUT2D eigenvalue weighted by Gasteiger charge is -1.96. The smallest absolute Gasteiger partial charge is 0.293 e. The van der Waals surface area contributed by atoms with E-state index in [9.17, 15) is 4.79 Å². The number of carbonyl (C=O) groups is 1. The highest BCUT2D eigenvalue weighted by Gasteiger charge is 1.90. The maximum absolute atomic E-state index is 9.79. The molecule has 5 heteroatoms. The Labute approximate surface area is 75.6 Å². The van der Waals surface area contributed by atoms with E-state index in [-0.39, 0.29) is 14.0 Å². The van der Waals surface area contributed by atoms with E-state index in [1.807, 2.05) is 0 Å². The molecule has 1 aromatic rings. The fourth-order valence-electron chi connectivity index (χ4n) is 0.614. The fourth-order valence-corrected chi connectivity index (χ4v) is 0.806. The van der Waals surface area contributed by atoms with Crippen LogP contribution in [-0.4, -0.2) is 16.4 Å². The van der Waals surface area contributed by atoms with Crippen LogP contribution in [0.4, 0.5) is 0 Å². The fraction of sp³-hybridized carbons (Fsp3) is 0.286. The Hall–Kier alpha value is -1.23. The minimum absolute atomic E-state index is 0. The third kappa shape index (κ3) is 3.25. The van der Waals surface area contributed by atoms with E-state index in [4.69, 9.17) is 12.2 Å². The number of nitrogens with one attached hydrogen (secondary N) is 1. The Kier molecular flexibility index (Phi) is 4.87. The molecule has 0 atom stereocenters. The van der Waals surface area contributed by atoms with E-state index in [0.29, 0.717) is 11.2 Å². The zero-order valence-electron chi connectivity index (χ0n) is 5.61. The summed E-state index contributed by atoms with van der Waals surface area (Å²) in [5.74, 6) is 0. The Morgan fingerprint density at radius 2 is 2.50 bits per heavy atom. The summed E-state index contributed by atoms with van der Waals surface area (Å²) in [4.78, 5) is 16.3. The number of rotatable bonds is 3. The standard InChI is InChI=1S/C6H6N2O2S.CH4/c9-4-10-3-5-1-2-7-6(11)8-5;/h1-2,4H,3H2,(H,7,8,11);1H4. The average molecular weight is 186 g/mol. The predicted octanol–water partition coefficient (Wildman–Crippen LogP) is 1.45. The predicted molar refractivity (Wildman–Crippen MR) is 47.0 cm³/mol. The molecule has 0 radical (unpaired) electrons. The quantitative estimate of drug-likeness (QED) is 0.573. The van der Waals surface area contributed by atoms with E-state index in [0.717, 1.165) is 5.69 Å². The number of ether oxygens (including phenoxy) is 1. The summed E-state index contributed by atoms with van der Waals surface area (Å²) in [7, 11) is 0. The molecule has 0 aliphatic rings. The van der Waals surface area contributed by atoms with Crippen molar-refractivity contribution in [3.05, 3.63) is 22.7 Å². The number of H-pyrrole nitrogens is 1. The molecule has 12 heavy (non-hydrogen) atoms. The van der Waals surface area contributed by atoms with E-state index in [1.54, 1.807) is 12.3 Å². The van der Waals surface area contributed by atoms with Gasteiger partial charge >= 0.3 is 0 Å². The number of aromatic amines is 1. The molecule has 0 saturated heterocycles. The first kappa shape index (κ1) is 10.8. The van der Waals surface area contributed by atoms with Crippen LogP contribution in [0.1, 0.15) is 13.1 Å². The Bertz CT molecular complexity index is 297. The molecule has 4 nitrogen and oxygen atoms in total. The van der Waals surface area contributed by atoms with Crippen LogP contribution in [0.25, 0.3) is 0 Å². The molecule has 0 aliphatic heterocycles. The van der Waals surface area contributed by atoms with Crippen LogP contribution < -0.4 is 0 Å². The second-order valence-corrected chi connectivity index (χ2v) is 2.19. The van der Waals surface area contributed by atoms with Gasteiger partial charge < -0.3 is 9.72 Å². The second-order valence-electron chi connectivity index (χ2n) is 1.81.